The van der Waals surface area contributed by atoms with Gasteiger partial charge in [-0.25, -0.2) is 0 Å². The fraction of sp³-hybridized carbons (Fsp3) is 0.333. The first kappa shape index (κ1) is 12.4. The number of aliphatic hydroxyl groups is 1. The fourth-order valence-electron chi connectivity index (χ4n) is 1.42. The highest BCUT2D eigenvalue weighted by Crippen LogP contribution is 2.17. The van der Waals surface area contributed by atoms with E-state index in [4.69, 9.17) is 9.52 Å². The summed E-state index contributed by atoms with van der Waals surface area (Å²) in [6.07, 6.45) is 1.55. The van der Waals surface area contributed by atoms with Gasteiger partial charge in [-0.15, -0.1) is 0 Å². The van der Waals surface area contributed by atoms with Gasteiger partial charge >= 0.3 is 0 Å². The van der Waals surface area contributed by atoms with Crippen LogP contribution in [0.4, 0.5) is 0 Å². The summed E-state index contributed by atoms with van der Waals surface area (Å²) in [5.41, 5.74) is 0.951. The smallest absolute Gasteiger partial charge is 0.271 e. The number of H-pyrrole nitrogens is 1. The molecule has 0 aliphatic rings. The van der Waals surface area contributed by atoms with Crippen LogP contribution in [0, 0.1) is 5.92 Å². The predicted molar refractivity (Wildman–Crippen MR) is 64.9 cm³/mol. The molecule has 0 fully saturated rings. The quantitative estimate of drug-likeness (QED) is 0.738. The topological polar surface area (TPSA) is 91.1 Å². The van der Waals surface area contributed by atoms with Gasteiger partial charge in [-0.1, -0.05) is 6.92 Å². The second-order valence-electron chi connectivity index (χ2n) is 4.14. The van der Waals surface area contributed by atoms with Gasteiger partial charge in [-0.05, 0) is 18.1 Å². The van der Waals surface area contributed by atoms with Gasteiger partial charge in [0.05, 0.1) is 6.26 Å². The molecule has 2 rings (SSSR count). The molecular formula is C12H15N3O3. The number of rotatable bonds is 5. The van der Waals surface area contributed by atoms with Gasteiger partial charge in [-0.3, -0.25) is 9.89 Å². The monoisotopic (exact) mass is 249 g/mol. The standard InChI is InChI=1S/C12H15N3O3/c1-8(7-16)6-13-12(17)10-5-9(14-15-10)11-3-2-4-18-11/h2-5,8,16H,6-7H2,1H3,(H,13,17)(H,14,15). The van der Waals surface area contributed by atoms with Crippen molar-refractivity contribution in [2.45, 2.75) is 6.92 Å². The maximum Gasteiger partial charge on any atom is 0.271 e. The van der Waals surface area contributed by atoms with E-state index in [0.717, 1.165) is 0 Å². The molecule has 2 heterocycles. The average molecular weight is 249 g/mol. The summed E-state index contributed by atoms with van der Waals surface area (Å²) < 4.78 is 5.19. The molecule has 0 spiro atoms. The number of furan rings is 1. The van der Waals surface area contributed by atoms with Gasteiger partial charge in [0.2, 0.25) is 0 Å². The van der Waals surface area contributed by atoms with Crippen LogP contribution in [0.15, 0.2) is 28.9 Å². The van der Waals surface area contributed by atoms with Crippen LogP contribution in [0.1, 0.15) is 17.4 Å². The summed E-state index contributed by atoms with van der Waals surface area (Å²) in [7, 11) is 0. The molecule has 6 nitrogen and oxygen atoms in total. The molecule has 6 heteroatoms. The first-order chi connectivity index (χ1) is 8.70. The number of hydrogen-bond donors (Lipinski definition) is 3. The minimum absolute atomic E-state index is 0.0254. The summed E-state index contributed by atoms with van der Waals surface area (Å²) in [6, 6.07) is 5.17. The zero-order chi connectivity index (χ0) is 13.0. The number of hydrogen-bond acceptors (Lipinski definition) is 4. The Labute approximate surface area is 104 Å². The van der Waals surface area contributed by atoms with E-state index in [1.807, 2.05) is 6.92 Å². The molecule has 2 aromatic rings. The number of carbonyl (C=O) groups excluding carboxylic acids is 1. The first-order valence-corrected chi connectivity index (χ1v) is 5.69. The molecular weight excluding hydrogens is 234 g/mol. The Kier molecular flexibility index (Phi) is 3.78. The highest BCUT2D eigenvalue weighted by atomic mass is 16.3. The van der Waals surface area contributed by atoms with Crippen LogP contribution >= 0.6 is 0 Å². The minimum atomic E-state index is -0.274. The number of aromatic nitrogens is 2. The van der Waals surface area contributed by atoms with Crippen molar-refractivity contribution in [1.82, 2.24) is 15.5 Å². The van der Waals surface area contributed by atoms with E-state index in [1.54, 1.807) is 24.5 Å². The second-order valence-corrected chi connectivity index (χ2v) is 4.14. The Hall–Kier alpha value is -2.08. The maximum atomic E-state index is 11.7. The fourth-order valence-corrected chi connectivity index (χ4v) is 1.42. The zero-order valence-electron chi connectivity index (χ0n) is 10.0. The number of aliphatic hydroxyl groups excluding tert-OH is 1. The summed E-state index contributed by atoms with van der Waals surface area (Å²) in [6.45, 7) is 2.30. The molecule has 0 saturated carbocycles. The molecule has 1 atom stereocenters. The number of amides is 1. The van der Waals surface area contributed by atoms with Crippen LogP contribution in [0.3, 0.4) is 0 Å². The molecule has 96 valence electrons. The van der Waals surface area contributed by atoms with E-state index >= 15 is 0 Å². The highest BCUT2D eigenvalue weighted by Gasteiger charge is 2.13. The van der Waals surface area contributed by atoms with Gasteiger partial charge in [0.15, 0.2) is 11.5 Å². The van der Waals surface area contributed by atoms with Crippen LogP contribution in [-0.4, -0.2) is 34.4 Å². The molecule has 1 unspecified atom stereocenters. The molecule has 1 amide bonds. The molecule has 3 N–H and O–H groups in total. The largest absolute Gasteiger partial charge is 0.463 e. The molecule has 0 aliphatic carbocycles. The molecule has 0 saturated heterocycles. The Balaban J connectivity index is 1.99. The highest BCUT2D eigenvalue weighted by molar-refractivity contribution is 5.93. The van der Waals surface area contributed by atoms with Crippen LogP contribution in [0.2, 0.25) is 0 Å². The Morgan fingerprint density at radius 3 is 3.17 bits per heavy atom. The lowest BCUT2D eigenvalue weighted by Crippen LogP contribution is -2.29. The second kappa shape index (κ2) is 5.50. The first-order valence-electron chi connectivity index (χ1n) is 5.69. The SMILES string of the molecule is CC(CO)CNC(=O)c1cc(-c2ccco2)[nH]n1. The maximum absolute atomic E-state index is 11.7. The van der Waals surface area contributed by atoms with E-state index in [2.05, 4.69) is 15.5 Å². The zero-order valence-corrected chi connectivity index (χ0v) is 10.0. The normalized spacial score (nSPS) is 12.3. The van der Waals surface area contributed by atoms with Gasteiger partial charge in [0.1, 0.15) is 5.69 Å². The number of carbonyl (C=O) groups is 1. The van der Waals surface area contributed by atoms with E-state index in [9.17, 15) is 4.79 Å². The van der Waals surface area contributed by atoms with Crippen molar-refractivity contribution < 1.29 is 14.3 Å². The summed E-state index contributed by atoms with van der Waals surface area (Å²) in [5.74, 6) is 0.382. The molecule has 0 aromatic carbocycles. The number of nitrogens with one attached hydrogen (secondary N) is 2. The third kappa shape index (κ3) is 2.78. The van der Waals surface area contributed by atoms with Crippen LogP contribution in [0.25, 0.3) is 11.5 Å². The lowest BCUT2D eigenvalue weighted by molar-refractivity contribution is 0.0937. The van der Waals surface area contributed by atoms with Crippen molar-refractivity contribution in [3.05, 3.63) is 30.2 Å². The Bertz CT molecular complexity index is 504. The van der Waals surface area contributed by atoms with Gasteiger partial charge in [0.25, 0.3) is 5.91 Å². The molecule has 0 aliphatic heterocycles. The summed E-state index contributed by atoms with van der Waals surface area (Å²) in [4.78, 5) is 11.7. The van der Waals surface area contributed by atoms with Crippen molar-refractivity contribution >= 4 is 5.91 Å². The van der Waals surface area contributed by atoms with Gasteiger partial charge in [0, 0.05) is 19.2 Å². The lowest BCUT2D eigenvalue weighted by Gasteiger charge is -2.07. The third-order valence-corrected chi connectivity index (χ3v) is 2.52. The molecule has 2 aromatic heterocycles. The van der Waals surface area contributed by atoms with Crippen molar-refractivity contribution in [2.24, 2.45) is 5.92 Å². The van der Waals surface area contributed by atoms with Crippen LogP contribution < -0.4 is 5.32 Å². The van der Waals surface area contributed by atoms with E-state index in [-0.39, 0.29) is 18.4 Å². The van der Waals surface area contributed by atoms with E-state index in [0.29, 0.717) is 23.7 Å². The van der Waals surface area contributed by atoms with E-state index in [1.165, 1.54) is 0 Å². The van der Waals surface area contributed by atoms with Crippen molar-refractivity contribution in [2.75, 3.05) is 13.2 Å². The Morgan fingerprint density at radius 1 is 1.67 bits per heavy atom. The van der Waals surface area contributed by atoms with Gasteiger partial charge < -0.3 is 14.8 Å². The third-order valence-electron chi connectivity index (χ3n) is 2.52. The lowest BCUT2D eigenvalue weighted by atomic mass is 10.2. The molecule has 0 bridgehead atoms. The summed E-state index contributed by atoms with van der Waals surface area (Å²) >= 11 is 0. The average Bonchev–Trinajstić information content (AvgIpc) is 3.04. The Morgan fingerprint density at radius 2 is 2.50 bits per heavy atom. The predicted octanol–water partition coefficient (Wildman–Crippen LogP) is 1.03. The van der Waals surface area contributed by atoms with Crippen molar-refractivity contribution in [3.63, 3.8) is 0 Å². The molecule has 18 heavy (non-hydrogen) atoms. The van der Waals surface area contributed by atoms with Gasteiger partial charge in [-0.2, -0.15) is 5.10 Å². The van der Waals surface area contributed by atoms with Crippen molar-refractivity contribution in [1.29, 1.82) is 0 Å². The van der Waals surface area contributed by atoms with Crippen LogP contribution in [-0.2, 0) is 0 Å². The summed E-state index contributed by atoms with van der Waals surface area (Å²) in [5, 5.41) is 18.2. The minimum Gasteiger partial charge on any atom is -0.463 e. The number of nitrogens with zero attached hydrogens (tertiary/aromatic N) is 1. The van der Waals surface area contributed by atoms with Crippen molar-refractivity contribution in [3.8, 4) is 11.5 Å². The van der Waals surface area contributed by atoms with E-state index < -0.39 is 0 Å². The number of aromatic amines is 1. The van der Waals surface area contributed by atoms with Crippen LogP contribution in [0.5, 0.6) is 0 Å². The molecule has 0 radical (unpaired) electrons.